The van der Waals surface area contributed by atoms with E-state index in [4.69, 9.17) is 4.74 Å². The number of para-hydroxylation sites is 1. The third-order valence-corrected chi connectivity index (χ3v) is 6.99. The first kappa shape index (κ1) is 24.5. The zero-order valence-electron chi connectivity index (χ0n) is 19.6. The van der Waals surface area contributed by atoms with Crippen molar-refractivity contribution in [2.24, 2.45) is 0 Å². The van der Waals surface area contributed by atoms with Gasteiger partial charge >= 0.3 is 6.09 Å². The van der Waals surface area contributed by atoms with Crippen LogP contribution in [0, 0.1) is 6.92 Å². The lowest BCUT2D eigenvalue weighted by Gasteiger charge is -2.28. The van der Waals surface area contributed by atoms with Gasteiger partial charge in [0.15, 0.2) is 5.75 Å². The molecule has 0 saturated carbocycles. The molecule has 1 aliphatic heterocycles. The second-order valence-corrected chi connectivity index (χ2v) is 9.39. The quantitative estimate of drug-likeness (QED) is 0.503. The Morgan fingerprint density at radius 2 is 1.94 bits per heavy atom. The van der Waals surface area contributed by atoms with Gasteiger partial charge in [-0.2, -0.15) is 0 Å². The Morgan fingerprint density at radius 1 is 1.20 bits per heavy atom. The predicted octanol–water partition coefficient (Wildman–Crippen LogP) is 4.32. The van der Waals surface area contributed by atoms with Crippen LogP contribution in [0.1, 0.15) is 18.1 Å². The number of rotatable bonds is 5. The van der Waals surface area contributed by atoms with Gasteiger partial charge in [0.2, 0.25) is 5.91 Å². The third-order valence-electron chi connectivity index (χ3n) is 6.37. The van der Waals surface area contributed by atoms with Crippen LogP contribution in [0.4, 0.5) is 10.5 Å². The molecule has 0 unspecified atom stereocenters. The molecule has 2 atom stereocenters. The number of carbonyl (C=O) groups excluding carboxylic acids is 2. The SMILES string of the molecule is Cc1ccc2ccccc2c1CN1C(=O)[C@@H](NC(=O)[C@H](C)N(C)C(=O)O)COc2c(Br)cccc21. The zero-order chi connectivity index (χ0) is 25.3. The van der Waals surface area contributed by atoms with Crippen molar-refractivity contribution >= 4 is 50.3 Å². The number of carboxylic acid groups (broad SMARTS) is 1. The van der Waals surface area contributed by atoms with Crippen LogP contribution in [0.3, 0.4) is 0 Å². The molecule has 3 aromatic rings. The molecule has 0 aliphatic carbocycles. The molecule has 0 spiro atoms. The number of amides is 3. The normalized spacial score (nSPS) is 16.2. The minimum Gasteiger partial charge on any atom is -0.487 e. The van der Waals surface area contributed by atoms with Gasteiger partial charge in [-0.15, -0.1) is 0 Å². The minimum absolute atomic E-state index is 0.0886. The number of nitrogens with one attached hydrogen (secondary N) is 1. The van der Waals surface area contributed by atoms with Crippen LogP contribution < -0.4 is 15.0 Å². The number of ether oxygens (including phenoxy) is 1. The molecule has 3 aromatic carbocycles. The van der Waals surface area contributed by atoms with Crippen LogP contribution in [0.5, 0.6) is 5.75 Å². The maximum absolute atomic E-state index is 13.8. The highest BCUT2D eigenvalue weighted by atomic mass is 79.9. The summed E-state index contributed by atoms with van der Waals surface area (Å²) in [6, 6.07) is 15.6. The molecular weight excluding hydrogens is 514 g/mol. The molecule has 2 N–H and O–H groups in total. The van der Waals surface area contributed by atoms with Crippen LogP contribution in [-0.2, 0) is 16.1 Å². The fourth-order valence-corrected chi connectivity index (χ4v) is 4.58. The van der Waals surface area contributed by atoms with E-state index in [9.17, 15) is 19.5 Å². The average Bonchev–Trinajstić information content (AvgIpc) is 2.97. The van der Waals surface area contributed by atoms with Crippen LogP contribution >= 0.6 is 15.9 Å². The fraction of sp³-hybridized carbons (Fsp3) is 0.269. The Bertz CT molecular complexity index is 1310. The first-order valence-electron chi connectivity index (χ1n) is 11.1. The van der Waals surface area contributed by atoms with Crippen molar-refractivity contribution in [1.82, 2.24) is 10.2 Å². The Kier molecular flexibility index (Phi) is 6.98. The number of hydrogen-bond donors (Lipinski definition) is 2. The summed E-state index contributed by atoms with van der Waals surface area (Å²) in [4.78, 5) is 40.4. The highest BCUT2D eigenvalue weighted by Crippen LogP contribution is 2.39. The summed E-state index contributed by atoms with van der Waals surface area (Å²) in [6.45, 7) is 3.66. The summed E-state index contributed by atoms with van der Waals surface area (Å²) < 4.78 is 6.67. The van der Waals surface area contributed by atoms with E-state index in [0.29, 0.717) is 15.9 Å². The first-order valence-corrected chi connectivity index (χ1v) is 11.9. The standard InChI is InChI=1S/C26H26BrN3O5/c1-15-11-12-17-7-4-5-8-18(17)19(15)13-30-22-10-6-9-20(27)23(22)35-14-21(25(30)32)28-24(31)16(2)29(3)26(33)34/h4-12,16,21H,13-14H2,1-3H3,(H,28,31)(H,33,34)/t16-,21-/m0/s1. The van der Waals surface area contributed by atoms with Gasteiger partial charge in [0, 0.05) is 7.05 Å². The molecule has 0 saturated heterocycles. The lowest BCUT2D eigenvalue weighted by molar-refractivity contribution is -0.130. The first-order chi connectivity index (χ1) is 16.7. The van der Waals surface area contributed by atoms with Crippen molar-refractivity contribution in [2.45, 2.75) is 32.5 Å². The largest absolute Gasteiger partial charge is 0.487 e. The zero-order valence-corrected chi connectivity index (χ0v) is 21.2. The van der Waals surface area contributed by atoms with E-state index >= 15 is 0 Å². The number of carbonyl (C=O) groups is 3. The highest BCUT2D eigenvalue weighted by Gasteiger charge is 2.35. The number of hydrogen-bond acceptors (Lipinski definition) is 4. The van der Waals surface area contributed by atoms with E-state index in [-0.39, 0.29) is 19.1 Å². The molecule has 8 nitrogen and oxygen atoms in total. The molecule has 0 fully saturated rings. The van der Waals surface area contributed by atoms with Crippen LogP contribution in [0.25, 0.3) is 10.8 Å². The maximum Gasteiger partial charge on any atom is 0.407 e. The second-order valence-electron chi connectivity index (χ2n) is 8.54. The van der Waals surface area contributed by atoms with Crippen molar-refractivity contribution < 1.29 is 24.2 Å². The molecule has 0 aromatic heterocycles. The smallest absolute Gasteiger partial charge is 0.407 e. The number of likely N-dealkylation sites (N-methyl/N-ethyl adjacent to an activating group) is 1. The molecule has 9 heteroatoms. The number of anilines is 1. The Hall–Kier alpha value is -3.59. The summed E-state index contributed by atoms with van der Waals surface area (Å²) in [6.07, 6.45) is -1.24. The third kappa shape index (κ3) is 4.81. The molecule has 4 rings (SSSR count). The van der Waals surface area contributed by atoms with Crippen molar-refractivity contribution in [2.75, 3.05) is 18.6 Å². The molecule has 3 amide bonds. The maximum atomic E-state index is 13.8. The van der Waals surface area contributed by atoms with Crippen molar-refractivity contribution in [3.63, 3.8) is 0 Å². The van der Waals surface area contributed by atoms with E-state index in [1.165, 1.54) is 14.0 Å². The molecule has 0 radical (unpaired) electrons. The van der Waals surface area contributed by atoms with Crippen LogP contribution in [0.2, 0.25) is 0 Å². The lowest BCUT2D eigenvalue weighted by atomic mass is 9.99. The second kappa shape index (κ2) is 9.95. The molecular formula is C26H26BrN3O5. The van der Waals surface area contributed by atoms with Gasteiger partial charge in [-0.1, -0.05) is 42.5 Å². The van der Waals surface area contributed by atoms with Gasteiger partial charge in [0.25, 0.3) is 5.91 Å². The number of benzene rings is 3. The van der Waals surface area contributed by atoms with Crippen molar-refractivity contribution in [1.29, 1.82) is 0 Å². The average molecular weight is 540 g/mol. The molecule has 0 bridgehead atoms. The monoisotopic (exact) mass is 539 g/mol. The summed E-state index contributed by atoms with van der Waals surface area (Å²) >= 11 is 3.51. The van der Waals surface area contributed by atoms with E-state index < -0.39 is 24.1 Å². The Balaban J connectivity index is 1.72. The van der Waals surface area contributed by atoms with E-state index in [1.54, 1.807) is 4.90 Å². The van der Waals surface area contributed by atoms with E-state index in [0.717, 1.165) is 26.8 Å². The summed E-state index contributed by atoms with van der Waals surface area (Å²) in [5, 5.41) is 14.0. The lowest BCUT2D eigenvalue weighted by Crippen LogP contribution is -2.55. The van der Waals surface area contributed by atoms with Gasteiger partial charge in [-0.05, 0) is 63.8 Å². The Labute approximate surface area is 211 Å². The summed E-state index contributed by atoms with van der Waals surface area (Å²) in [5.41, 5.74) is 2.62. The van der Waals surface area contributed by atoms with E-state index in [1.807, 2.05) is 55.5 Å². The fourth-order valence-electron chi connectivity index (χ4n) is 4.11. The van der Waals surface area contributed by atoms with E-state index in [2.05, 4.69) is 27.3 Å². The minimum atomic E-state index is -1.24. The predicted molar refractivity (Wildman–Crippen MR) is 137 cm³/mol. The van der Waals surface area contributed by atoms with Crippen molar-refractivity contribution in [3.05, 3.63) is 70.2 Å². The molecule has 35 heavy (non-hydrogen) atoms. The number of halogens is 1. The number of nitrogens with zero attached hydrogens (tertiary/aromatic N) is 2. The topological polar surface area (TPSA) is 99.2 Å². The van der Waals surface area contributed by atoms with Crippen LogP contribution in [-0.4, -0.2) is 53.7 Å². The van der Waals surface area contributed by atoms with Gasteiger partial charge in [0.05, 0.1) is 16.7 Å². The Morgan fingerprint density at radius 3 is 2.69 bits per heavy atom. The summed E-state index contributed by atoms with van der Waals surface area (Å²) in [7, 11) is 1.31. The molecule has 1 aliphatic rings. The van der Waals surface area contributed by atoms with Gasteiger partial charge in [-0.3, -0.25) is 14.5 Å². The molecule has 182 valence electrons. The van der Waals surface area contributed by atoms with Gasteiger partial charge < -0.3 is 20.1 Å². The number of aryl methyl sites for hydroxylation is 1. The number of fused-ring (bicyclic) bond motifs is 2. The van der Waals surface area contributed by atoms with Crippen LogP contribution in [0.15, 0.2) is 59.1 Å². The van der Waals surface area contributed by atoms with Gasteiger partial charge in [0.1, 0.15) is 18.7 Å². The summed E-state index contributed by atoms with van der Waals surface area (Å²) in [5.74, 6) is -0.415. The van der Waals surface area contributed by atoms with Gasteiger partial charge in [-0.25, -0.2) is 4.79 Å². The molecule has 1 heterocycles. The van der Waals surface area contributed by atoms with Crippen molar-refractivity contribution in [3.8, 4) is 5.75 Å². The highest BCUT2D eigenvalue weighted by molar-refractivity contribution is 9.10.